The smallest absolute Gasteiger partial charge is 0.228 e. The molecule has 0 amide bonds. The van der Waals surface area contributed by atoms with Gasteiger partial charge in [0.2, 0.25) is 17.5 Å². The molecule has 8 heteroatoms. The third-order valence-corrected chi connectivity index (χ3v) is 4.80. The molecule has 0 bridgehead atoms. The monoisotopic (exact) mass is 427 g/mol. The lowest BCUT2D eigenvalue weighted by Gasteiger charge is -2.23. The van der Waals surface area contributed by atoms with Crippen molar-refractivity contribution in [2.75, 3.05) is 34.4 Å². The third kappa shape index (κ3) is 5.96. The van der Waals surface area contributed by atoms with Crippen LogP contribution < -0.4 is 14.2 Å². The minimum Gasteiger partial charge on any atom is -0.493 e. The van der Waals surface area contributed by atoms with Gasteiger partial charge in [-0.3, -0.25) is 4.90 Å². The number of ether oxygens (including phenoxy) is 3. The molecule has 1 heterocycles. The highest BCUT2D eigenvalue weighted by atomic mass is 16.5. The summed E-state index contributed by atoms with van der Waals surface area (Å²) in [6.07, 6.45) is 0.137. The van der Waals surface area contributed by atoms with E-state index in [0.29, 0.717) is 54.0 Å². The number of methoxy groups -OCH3 is 3. The van der Waals surface area contributed by atoms with Gasteiger partial charge >= 0.3 is 0 Å². The molecule has 0 spiro atoms. The Morgan fingerprint density at radius 1 is 1.03 bits per heavy atom. The van der Waals surface area contributed by atoms with Gasteiger partial charge < -0.3 is 23.8 Å². The van der Waals surface area contributed by atoms with Crippen LogP contribution in [0.25, 0.3) is 11.4 Å². The zero-order valence-corrected chi connectivity index (χ0v) is 18.4. The average molecular weight is 428 g/mol. The second kappa shape index (κ2) is 10.8. The number of nitrogens with zero attached hydrogens (tertiary/aromatic N) is 3. The second-order valence-electron chi connectivity index (χ2n) is 7.25. The molecule has 8 nitrogen and oxygen atoms in total. The molecule has 166 valence electrons. The molecule has 0 fully saturated rings. The maximum absolute atomic E-state index is 9.87. The van der Waals surface area contributed by atoms with Crippen LogP contribution in [0.15, 0.2) is 47.0 Å². The van der Waals surface area contributed by atoms with Crippen molar-refractivity contribution >= 4 is 0 Å². The molecule has 0 saturated carbocycles. The van der Waals surface area contributed by atoms with E-state index in [-0.39, 0.29) is 0 Å². The number of rotatable bonds is 11. The summed E-state index contributed by atoms with van der Waals surface area (Å²) in [5, 5.41) is 14.0. The predicted molar refractivity (Wildman–Crippen MR) is 116 cm³/mol. The van der Waals surface area contributed by atoms with E-state index in [1.54, 1.807) is 40.4 Å². The number of hydrogen-bond donors (Lipinski definition) is 1. The van der Waals surface area contributed by atoms with Crippen molar-refractivity contribution in [3.8, 4) is 28.6 Å². The quantitative estimate of drug-likeness (QED) is 0.499. The summed E-state index contributed by atoms with van der Waals surface area (Å²) >= 11 is 0. The molecular weight excluding hydrogens is 398 g/mol. The van der Waals surface area contributed by atoms with E-state index in [1.165, 1.54) is 5.56 Å². The number of hydrogen-bond acceptors (Lipinski definition) is 8. The fourth-order valence-corrected chi connectivity index (χ4v) is 3.39. The molecule has 3 rings (SSSR count). The number of aromatic nitrogens is 2. The van der Waals surface area contributed by atoms with Gasteiger partial charge in [0.05, 0.1) is 27.4 Å². The summed E-state index contributed by atoms with van der Waals surface area (Å²) in [5.41, 5.74) is 1.89. The van der Waals surface area contributed by atoms with E-state index in [2.05, 4.69) is 27.2 Å². The number of aliphatic hydroxyl groups is 1. The Balaban J connectivity index is 1.72. The summed E-state index contributed by atoms with van der Waals surface area (Å²) in [6, 6.07) is 13.7. The van der Waals surface area contributed by atoms with Crippen LogP contribution in [-0.4, -0.2) is 60.7 Å². The van der Waals surface area contributed by atoms with Gasteiger partial charge in [0.25, 0.3) is 0 Å². The van der Waals surface area contributed by atoms with Crippen molar-refractivity contribution in [2.24, 2.45) is 0 Å². The molecule has 0 radical (unpaired) electrons. The van der Waals surface area contributed by atoms with E-state index in [1.807, 2.05) is 18.2 Å². The lowest BCUT2D eigenvalue weighted by molar-refractivity contribution is 0.121. The molecule has 0 aliphatic carbocycles. The van der Waals surface area contributed by atoms with Gasteiger partial charge in [-0.05, 0) is 24.6 Å². The summed E-state index contributed by atoms with van der Waals surface area (Å²) in [5.74, 6) is 2.52. The van der Waals surface area contributed by atoms with E-state index in [4.69, 9.17) is 18.7 Å². The third-order valence-electron chi connectivity index (χ3n) is 4.80. The van der Waals surface area contributed by atoms with Gasteiger partial charge in [-0.1, -0.05) is 35.5 Å². The van der Waals surface area contributed by atoms with Crippen molar-refractivity contribution in [3.05, 3.63) is 53.9 Å². The fourth-order valence-electron chi connectivity index (χ4n) is 3.39. The zero-order valence-electron chi connectivity index (χ0n) is 18.4. The van der Waals surface area contributed by atoms with Gasteiger partial charge in [-0.15, -0.1) is 0 Å². The van der Waals surface area contributed by atoms with Crippen LogP contribution in [0.1, 0.15) is 18.4 Å². The average Bonchev–Trinajstić information content (AvgIpc) is 3.26. The van der Waals surface area contributed by atoms with Crippen LogP contribution in [0, 0.1) is 0 Å². The highest BCUT2D eigenvalue weighted by Crippen LogP contribution is 2.40. The number of benzene rings is 2. The summed E-state index contributed by atoms with van der Waals surface area (Å²) < 4.78 is 21.6. The summed E-state index contributed by atoms with van der Waals surface area (Å²) in [4.78, 5) is 6.70. The Bertz CT molecular complexity index is 934. The van der Waals surface area contributed by atoms with E-state index < -0.39 is 6.10 Å². The number of aliphatic hydroxyl groups excluding tert-OH is 1. The highest BCUT2D eigenvalue weighted by molar-refractivity contribution is 5.66. The van der Waals surface area contributed by atoms with E-state index in [9.17, 15) is 5.11 Å². The SMILES string of the molecule is COc1cc(-c2noc(CCN(Cc3ccccc3)C[C@@H](C)O)n2)cc(OC)c1OC. The van der Waals surface area contributed by atoms with Gasteiger partial charge in [0.1, 0.15) is 0 Å². The lowest BCUT2D eigenvalue weighted by Crippen LogP contribution is -2.32. The molecule has 0 unspecified atom stereocenters. The minimum atomic E-state index is -0.429. The van der Waals surface area contributed by atoms with Crippen molar-refractivity contribution < 1.29 is 23.8 Å². The molecule has 1 N–H and O–H groups in total. The first-order chi connectivity index (χ1) is 15.0. The second-order valence-corrected chi connectivity index (χ2v) is 7.25. The van der Waals surface area contributed by atoms with Crippen molar-refractivity contribution in [2.45, 2.75) is 26.0 Å². The normalized spacial score (nSPS) is 12.1. The summed E-state index contributed by atoms with van der Waals surface area (Å²) in [7, 11) is 4.68. The minimum absolute atomic E-state index is 0.429. The fraction of sp³-hybridized carbons (Fsp3) is 0.391. The Kier molecular flexibility index (Phi) is 7.86. The van der Waals surface area contributed by atoms with Crippen LogP contribution in [0.2, 0.25) is 0 Å². The van der Waals surface area contributed by atoms with Gasteiger partial charge in [0, 0.05) is 31.6 Å². The Hall–Kier alpha value is -3.10. The molecule has 3 aromatic rings. The van der Waals surface area contributed by atoms with Crippen LogP contribution in [-0.2, 0) is 13.0 Å². The highest BCUT2D eigenvalue weighted by Gasteiger charge is 2.18. The first kappa shape index (κ1) is 22.6. The maximum atomic E-state index is 9.87. The topological polar surface area (TPSA) is 90.1 Å². The first-order valence-electron chi connectivity index (χ1n) is 10.1. The molecule has 1 atom stereocenters. The standard InChI is InChI=1S/C23H29N3O5/c1-16(27)14-26(15-17-8-6-5-7-9-17)11-10-21-24-23(25-31-21)18-12-19(28-2)22(30-4)20(13-18)29-3/h5-9,12-13,16,27H,10-11,14-15H2,1-4H3/t16-/m1/s1. The zero-order chi connectivity index (χ0) is 22.2. The van der Waals surface area contributed by atoms with Crippen molar-refractivity contribution in [3.63, 3.8) is 0 Å². The molecule has 2 aromatic carbocycles. The summed E-state index contributed by atoms with van der Waals surface area (Å²) in [6.45, 7) is 3.76. The van der Waals surface area contributed by atoms with Crippen molar-refractivity contribution in [1.29, 1.82) is 0 Å². The van der Waals surface area contributed by atoms with E-state index in [0.717, 1.165) is 6.54 Å². The van der Waals surface area contributed by atoms with Crippen LogP contribution in [0.3, 0.4) is 0 Å². The molecule has 0 aliphatic rings. The largest absolute Gasteiger partial charge is 0.493 e. The molecule has 0 saturated heterocycles. The molecule has 31 heavy (non-hydrogen) atoms. The Morgan fingerprint density at radius 2 is 1.71 bits per heavy atom. The molecular formula is C23H29N3O5. The first-order valence-corrected chi connectivity index (χ1v) is 10.1. The lowest BCUT2D eigenvalue weighted by atomic mass is 10.1. The maximum Gasteiger partial charge on any atom is 0.228 e. The van der Waals surface area contributed by atoms with Crippen LogP contribution in [0.5, 0.6) is 17.2 Å². The van der Waals surface area contributed by atoms with E-state index >= 15 is 0 Å². The van der Waals surface area contributed by atoms with Crippen LogP contribution >= 0.6 is 0 Å². The van der Waals surface area contributed by atoms with Crippen LogP contribution in [0.4, 0.5) is 0 Å². The van der Waals surface area contributed by atoms with Crippen molar-refractivity contribution in [1.82, 2.24) is 15.0 Å². The molecule has 1 aromatic heterocycles. The van der Waals surface area contributed by atoms with Gasteiger partial charge in [0.15, 0.2) is 11.5 Å². The Labute approximate surface area is 182 Å². The van der Waals surface area contributed by atoms with Gasteiger partial charge in [-0.2, -0.15) is 4.98 Å². The predicted octanol–water partition coefficient (Wildman–Crippen LogP) is 3.19. The van der Waals surface area contributed by atoms with Gasteiger partial charge in [-0.25, -0.2) is 0 Å². The Morgan fingerprint density at radius 3 is 2.29 bits per heavy atom. The molecule has 0 aliphatic heterocycles.